The van der Waals surface area contributed by atoms with Crippen molar-refractivity contribution in [3.05, 3.63) is 23.2 Å². The van der Waals surface area contributed by atoms with Gasteiger partial charge < -0.3 is 27.3 Å². The highest BCUT2D eigenvalue weighted by Gasteiger charge is 2.05. The van der Waals surface area contributed by atoms with Crippen molar-refractivity contribution >= 4 is 40.8 Å². The average Bonchev–Trinajstić information content (AvgIpc) is 2.32. The number of guanidine groups is 2. The molecule has 1 aromatic carbocycles. The van der Waals surface area contributed by atoms with Crippen molar-refractivity contribution in [2.75, 3.05) is 19.0 Å². The molecule has 0 radical (unpaired) electrons. The molecule has 0 heterocycles. The normalized spacial score (nSPS) is 11.0. The molecular weight excluding hydrogens is 284 g/mol. The van der Waals surface area contributed by atoms with E-state index < -0.39 is 0 Å². The Labute approximate surface area is 120 Å². The lowest BCUT2D eigenvalue weighted by atomic mass is 10.3. The number of carbonyl (C=O) groups excluding carboxylic acids is 1. The van der Waals surface area contributed by atoms with Crippen LogP contribution in [0.1, 0.15) is 0 Å². The Hall–Kier alpha value is -2.32. The highest BCUT2D eigenvalue weighted by atomic mass is 35.5. The number of halogens is 1. The molecule has 0 spiro atoms. The first kappa shape index (κ1) is 15.7. The first-order valence-electron chi connectivity index (χ1n) is 5.44. The van der Waals surface area contributed by atoms with Crippen molar-refractivity contribution in [1.29, 1.82) is 0 Å². The maximum absolute atomic E-state index is 11.4. The summed E-state index contributed by atoms with van der Waals surface area (Å²) in [7, 11) is 1.42. The van der Waals surface area contributed by atoms with Crippen molar-refractivity contribution in [3.8, 4) is 0 Å². The molecule has 20 heavy (non-hydrogen) atoms. The number of nitrogens with one attached hydrogen (secondary N) is 1. The summed E-state index contributed by atoms with van der Waals surface area (Å²) >= 11 is 5.96. The molecule has 0 saturated carbocycles. The summed E-state index contributed by atoms with van der Waals surface area (Å²) in [5.41, 5.74) is 16.7. The van der Waals surface area contributed by atoms with E-state index in [4.69, 9.17) is 33.5 Å². The summed E-state index contributed by atoms with van der Waals surface area (Å²) in [5.74, 6) is -0.666. The molecular formula is C11H15ClN6O2. The molecule has 108 valence electrons. The minimum Gasteiger partial charge on any atom is -0.375 e. The van der Waals surface area contributed by atoms with E-state index >= 15 is 0 Å². The van der Waals surface area contributed by atoms with Crippen LogP contribution in [-0.4, -0.2) is 31.5 Å². The molecule has 0 aliphatic rings. The molecule has 1 rings (SSSR count). The summed E-state index contributed by atoms with van der Waals surface area (Å²) in [4.78, 5) is 18.9. The van der Waals surface area contributed by atoms with E-state index in [9.17, 15) is 4.79 Å². The minimum absolute atomic E-state index is 0.0582. The van der Waals surface area contributed by atoms with Crippen LogP contribution >= 0.6 is 11.6 Å². The average molecular weight is 299 g/mol. The SMILES string of the molecule is COCC(=O)Nc1ccc(Cl)c(N=C(N)N=C(N)N)c1. The molecule has 9 heteroatoms. The Kier molecular flexibility index (Phi) is 5.75. The second-order valence-electron chi connectivity index (χ2n) is 3.65. The number of nitrogens with two attached hydrogens (primary N) is 3. The van der Waals surface area contributed by atoms with Crippen LogP contribution in [0.3, 0.4) is 0 Å². The molecule has 7 N–H and O–H groups in total. The van der Waals surface area contributed by atoms with E-state index in [2.05, 4.69) is 15.3 Å². The van der Waals surface area contributed by atoms with Gasteiger partial charge in [-0.15, -0.1) is 0 Å². The highest BCUT2D eigenvalue weighted by Crippen LogP contribution is 2.28. The number of benzene rings is 1. The molecule has 0 fully saturated rings. The second-order valence-corrected chi connectivity index (χ2v) is 4.06. The zero-order valence-corrected chi connectivity index (χ0v) is 11.5. The number of ether oxygens (including phenoxy) is 1. The van der Waals surface area contributed by atoms with E-state index in [-0.39, 0.29) is 24.4 Å². The Morgan fingerprint density at radius 2 is 2.10 bits per heavy atom. The third kappa shape index (κ3) is 5.12. The second kappa shape index (κ2) is 7.31. The summed E-state index contributed by atoms with van der Waals surface area (Å²) < 4.78 is 4.71. The van der Waals surface area contributed by atoms with E-state index in [0.29, 0.717) is 16.4 Å². The predicted molar refractivity (Wildman–Crippen MR) is 79.0 cm³/mol. The summed E-state index contributed by atoms with van der Waals surface area (Å²) in [6, 6.07) is 4.71. The number of hydrogen-bond acceptors (Lipinski definition) is 3. The predicted octanol–water partition coefficient (Wildman–Crippen LogP) is 0.145. The molecule has 0 unspecified atom stereocenters. The molecule has 0 bridgehead atoms. The Morgan fingerprint density at radius 1 is 1.40 bits per heavy atom. The molecule has 0 aliphatic carbocycles. The number of hydrogen-bond donors (Lipinski definition) is 4. The Morgan fingerprint density at radius 3 is 2.70 bits per heavy atom. The Balaban J connectivity index is 2.97. The van der Waals surface area contributed by atoms with Gasteiger partial charge in [0.1, 0.15) is 6.61 Å². The van der Waals surface area contributed by atoms with E-state index in [1.807, 2.05) is 0 Å². The highest BCUT2D eigenvalue weighted by molar-refractivity contribution is 6.33. The lowest BCUT2D eigenvalue weighted by Gasteiger charge is -2.06. The molecule has 0 atom stereocenters. The fourth-order valence-electron chi connectivity index (χ4n) is 1.28. The van der Waals surface area contributed by atoms with Crippen LogP contribution in [-0.2, 0) is 9.53 Å². The van der Waals surface area contributed by atoms with Crippen molar-refractivity contribution < 1.29 is 9.53 Å². The van der Waals surface area contributed by atoms with Crippen molar-refractivity contribution in [2.45, 2.75) is 0 Å². The zero-order valence-electron chi connectivity index (χ0n) is 10.8. The molecule has 0 aliphatic heterocycles. The largest absolute Gasteiger partial charge is 0.375 e. The minimum atomic E-state index is -0.304. The number of methoxy groups -OCH3 is 1. The number of amides is 1. The number of nitrogens with zero attached hydrogens (tertiary/aromatic N) is 2. The summed E-state index contributed by atoms with van der Waals surface area (Å²) in [5, 5.41) is 2.94. The van der Waals surface area contributed by atoms with Gasteiger partial charge in [-0.25, -0.2) is 4.99 Å². The zero-order chi connectivity index (χ0) is 15.1. The smallest absolute Gasteiger partial charge is 0.250 e. The number of anilines is 1. The van der Waals surface area contributed by atoms with Gasteiger partial charge in [0, 0.05) is 12.8 Å². The lowest BCUT2D eigenvalue weighted by Crippen LogP contribution is -2.26. The molecule has 0 saturated heterocycles. The van der Waals surface area contributed by atoms with Gasteiger partial charge in [0.15, 0.2) is 5.96 Å². The lowest BCUT2D eigenvalue weighted by molar-refractivity contribution is -0.119. The van der Waals surface area contributed by atoms with Gasteiger partial charge in [0.05, 0.1) is 10.7 Å². The van der Waals surface area contributed by atoms with Gasteiger partial charge in [0.25, 0.3) is 0 Å². The van der Waals surface area contributed by atoms with Crippen LogP contribution in [0.5, 0.6) is 0 Å². The van der Waals surface area contributed by atoms with Crippen molar-refractivity contribution in [3.63, 3.8) is 0 Å². The quantitative estimate of drug-likeness (QED) is 0.462. The van der Waals surface area contributed by atoms with Gasteiger partial charge in [-0.2, -0.15) is 4.99 Å². The van der Waals surface area contributed by atoms with Gasteiger partial charge in [-0.05, 0) is 18.2 Å². The Bertz CT molecular complexity index is 554. The van der Waals surface area contributed by atoms with Crippen LogP contribution in [0.4, 0.5) is 11.4 Å². The van der Waals surface area contributed by atoms with Crippen LogP contribution in [0, 0.1) is 0 Å². The maximum atomic E-state index is 11.4. The maximum Gasteiger partial charge on any atom is 0.250 e. The summed E-state index contributed by atoms with van der Waals surface area (Å²) in [6.45, 7) is -0.0582. The van der Waals surface area contributed by atoms with Crippen molar-refractivity contribution in [2.24, 2.45) is 27.2 Å². The standard InChI is InChI=1S/C11H15ClN6O2/c1-20-5-9(19)16-6-2-3-7(12)8(4-6)17-11(15)18-10(13)14/h2-4H,5H2,1H3,(H,16,19)(H6,13,14,15,17,18). The molecule has 1 aromatic rings. The number of carbonyl (C=O) groups is 1. The van der Waals surface area contributed by atoms with Crippen molar-refractivity contribution in [1.82, 2.24) is 0 Å². The van der Waals surface area contributed by atoms with Crippen LogP contribution in [0.15, 0.2) is 28.2 Å². The van der Waals surface area contributed by atoms with Gasteiger partial charge in [0.2, 0.25) is 11.9 Å². The van der Waals surface area contributed by atoms with Gasteiger partial charge in [-0.3, -0.25) is 4.79 Å². The van der Waals surface area contributed by atoms with Crippen LogP contribution in [0.2, 0.25) is 5.02 Å². The molecule has 1 amide bonds. The first-order valence-corrected chi connectivity index (χ1v) is 5.82. The summed E-state index contributed by atoms with van der Waals surface area (Å²) in [6.07, 6.45) is 0. The third-order valence-corrected chi connectivity index (χ3v) is 2.30. The van der Waals surface area contributed by atoms with Crippen LogP contribution < -0.4 is 22.5 Å². The van der Waals surface area contributed by atoms with Gasteiger partial charge in [-0.1, -0.05) is 11.6 Å². The topological polar surface area (TPSA) is 141 Å². The van der Waals surface area contributed by atoms with E-state index in [1.54, 1.807) is 12.1 Å². The monoisotopic (exact) mass is 298 g/mol. The molecule has 8 nitrogen and oxygen atoms in total. The molecule has 0 aromatic heterocycles. The van der Waals surface area contributed by atoms with E-state index in [1.165, 1.54) is 13.2 Å². The fraction of sp³-hybridized carbons (Fsp3) is 0.182. The number of rotatable bonds is 4. The first-order chi connectivity index (χ1) is 9.42. The number of aliphatic imine (C=N–C) groups is 2. The third-order valence-electron chi connectivity index (χ3n) is 1.98. The van der Waals surface area contributed by atoms with E-state index in [0.717, 1.165) is 0 Å². The fourth-order valence-corrected chi connectivity index (χ4v) is 1.44. The van der Waals surface area contributed by atoms with Crippen LogP contribution in [0.25, 0.3) is 0 Å². The van der Waals surface area contributed by atoms with Gasteiger partial charge >= 0.3 is 0 Å².